The van der Waals surface area contributed by atoms with Gasteiger partial charge in [-0.05, 0) is 26.2 Å². The summed E-state index contributed by atoms with van der Waals surface area (Å²) in [6.45, 7) is 6.33. The molecule has 3 N–H and O–H groups in total. The Labute approximate surface area is 144 Å². The van der Waals surface area contributed by atoms with E-state index in [1.165, 1.54) is 12.0 Å². The normalized spacial score (nSPS) is 21.7. The number of allylic oxidation sites excluding steroid dienone is 2. The minimum Gasteiger partial charge on any atom is -0.483 e. The van der Waals surface area contributed by atoms with Crippen molar-refractivity contribution in [3.8, 4) is 0 Å². The van der Waals surface area contributed by atoms with Gasteiger partial charge in [0.05, 0.1) is 12.6 Å². The third-order valence-electron chi connectivity index (χ3n) is 3.10. The van der Waals surface area contributed by atoms with E-state index in [1.54, 1.807) is 0 Å². The third-order valence-corrected chi connectivity index (χ3v) is 3.10. The van der Waals surface area contributed by atoms with Crippen LogP contribution in [0.15, 0.2) is 24.0 Å². The summed E-state index contributed by atoms with van der Waals surface area (Å²) < 4.78 is 10.8. The van der Waals surface area contributed by atoms with Crippen LogP contribution >= 0.6 is 0 Å². The van der Waals surface area contributed by atoms with Gasteiger partial charge in [0.1, 0.15) is 12.8 Å². The quantitative estimate of drug-likeness (QED) is 0.596. The van der Waals surface area contributed by atoms with Crippen LogP contribution in [0.5, 0.6) is 0 Å². The highest BCUT2D eigenvalue weighted by Crippen LogP contribution is 2.26. The monoisotopic (exact) mass is 342 g/mol. The lowest BCUT2D eigenvalue weighted by Crippen LogP contribution is -2.29. The first-order chi connectivity index (χ1) is 11.5. The van der Waals surface area contributed by atoms with Gasteiger partial charge < -0.3 is 25.2 Å². The van der Waals surface area contributed by atoms with Gasteiger partial charge in [-0.2, -0.15) is 0 Å². The lowest BCUT2D eigenvalue weighted by atomic mass is 10.2. The maximum absolute atomic E-state index is 11.0. The van der Waals surface area contributed by atoms with Crippen LogP contribution in [0.4, 0.5) is 0 Å². The summed E-state index contributed by atoms with van der Waals surface area (Å²) in [4.78, 5) is 21.4. The standard InChI is InChI=1S/C13H20N2O3.C3H8.CH2O2/c1-10-3-2-6-15(8-10)12-5-4-11(18-12)9-17-13(16)7-14;1-3-2;2-1-3/h2,6,8,11-12H,3-5,7,9,14H2,1H3;3H2,1-2H3;1H,(H,2,3). The highest BCUT2D eigenvalue weighted by atomic mass is 16.6. The zero-order valence-electron chi connectivity index (χ0n) is 14.8. The van der Waals surface area contributed by atoms with E-state index in [0.717, 1.165) is 19.3 Å². The van der Waals surface area contributed by atoms with E-state index in [2.05, 4.69) is 37.9 Å². The predicted octanol–water partition coefficient (Wildman–Crippen LogP) is 2.23. The van der Waals surface area contributed by atoms with E-state index >= 15 is 0 Å². The molecule has 2 aliphatic heterocycles. The van der Waals surface area contributed by atoms with Gasteiger partial charge in [0, 0.05) is 12.4 Å². The molecule has 2 atom stereocenters. The molecule has 0 saturated carbocycles. The molecule has 0 amide bonds. The Balaban J connectivity index is 0.000000772. The number of carboxylic acid groups (broad SMARTS) is 1. The van der Waals surface area contributed by atoms with Crippen LogP contribution < -0.4 is 5.73 Å². The zero-order chi connectivity index (χ0) is 18.4. The number of hydrogen-bond donors (Lipinski definition) is 2. The third kappa shape index (κ3) is 9.32. The van der Waals surface area contributed by atoms with Crippen LogP contribution in [0.25, 0.3) is 0 Å². The second kappa shape index (κ2) is 13.6. The number of hydrogen-bond acceptors (Lipinski definition) is 6. The second-order valence-corrected chi connectivity index (χ2v) is 5.50. The fraction of sp³-hybridized carbons (Fsp3) is 0.647. The van der Waals surface area contributed by atoms with Crippen LogP contribution in [0.1, 0.15) is 46.5 Å². The summed E-state index contributed by atoms with van der Waals surface area (Å²) >= 11 is 0. The molecule has 1 saturated heterocycles. The van der Waals surface area contributed by atoms with Crippen LogP contribution in [0.2, 0.25) is 0 Å². The van der Waals surface area contributed by atoms with Crippen molar-refractivity contribution in [1.82, 2.24) is 4.90 Å². The Morgan fingerprint density at radius 1 is 1.50 bits per heavy atom. The number of nitrogens with zero attached hydrogens (tertiary/aromatic N) is 1. The number of carbonyl (C=O) groups is 2. The van der Waals surface area contributed by atoms with E-state index in [-0.39, 0.29) is 31.3 Å². The fourth-order valence-electron chi connectivity index (χ4n) is 2.16. The van der Waals surface area contributed by atoms with Crippen molar-refractivity contribution in [3.05, 3.63) is 24.0 Å². The van der Waals surface area contributed by atoms with Crippen molar-refractivity contribution < 1.29 is 24.2 Å². The number of esters is 1. The molecule has 0 radical (unpaired) electrons. The Morgan fingerprint density at radius 2 is 2.12 bits per heavy atom. The van der Waals surface area contributed by atoms with E-state index < -0.39 is 0 Å². The molecule has 0 bridgehead atoms. The van der Waals surface area contributed by atoms with E-state index in [0.29, 0.717) is 6.61 Å². The summed E-state index contributed by atoms with van der Waals surface area (Å²) in [5.41, 5.74) is 6.49. The van der Waals surface area contributed by atoms with Crippen LogP contribution in [0, 0.1) is 0 Å². The number of carbonyl (C=O) groups excluding carboxylic acids is 1. The Hall–Kier alpha value is -1.86. The molecule has 0 aromatic heterocycles. The molecule has 0 aromatic rings. The largest absolute Gasteiger partial charge is 0.483 e. The molecule has 2 unspecified atom stereocenters. The van der Waals surface area contributed by atoms with Crippen molar-refractivity contribution in [1.29, 1.82) is 0 Å². The van der Waals surface area contributed by atoms with E-state index in [1.807, 2.05) is 6.20 Å². The lowest BCUT2D eigenvalue weighted by molar-refractivity contribution is -0.146. The number of rotatable bonds is 4. The summed E-state index contributed by atoms with van der Waals surface area (Å²) in [7, 11) is 0. The first-order valence-electron chi connectivity index (χ1n) is 8.22. The van der Waals surface area contributed by atoms with Gasteiger partial charge in [-0.15, -0.1) is 0 Å². The molecule has 138 valence electrons. The second-order valence-electron chi connectivity index (χ2n) is 5.50. The van der Waals surface area contributed by atoms with Crippen LogP contribution in [0.3, 0.4) is 0 Å². The van der Waals surface area contributed by atoms with Gasteiger partial charge in [0.25, 0.3) is 6.47 Å². The van der Waals surface area contributed by atoms with E-state index in [9.17, 15) is 4.79 Å². The average Bonchev–Trinajstić information content (AvgIpc) is 3.03. The SMILES string of the molecule is CC1=CN(C2CCC(COC(=O)CN)O2)C=CC1.CCC.O=CO. The zero-order valence-corrected chi connectivity index (χ0v) is 14.8. The molecular weight excluding hydrogens is 312 g/mol. The molecule has 0 aliphatic carbocycles. The summed E-state index contributed by atoms with van der Waals surface area (Å²) in [6, 6.07) is 0. The van der Waals surface area contributed by atoms with Crippen LogP contribution in [-0.4, -0.2) is 47.9 Å². The van der Waals surface area contributed by atoms with Crippen molar-refractivity contribution in [3.63, 3.8) is 0 Å². The van der Waals surface area contributed by atoms with Gasteiger partial charge in [-0.3, -0.25) is 9.59 Å². The molecule has 2 aliphatic rings. The Kier molecular flexibility index (Phi) is 12.5. The van der Waals surface area contributed by atoms with Gasteiger partial charge >= 0.3 is 5.97 Å². The predicted molar refractivity (Wildman–Crippen MR) is 91.9 cm³/mol. The minimum absolute atomic E-state index is 0.0190. The molecule has 24 heavy (non-hydrogen) atoms. The number of nitrogens with two attached hydrogens (primary N) is 1. The van der Waals surface area contributed by atoms with Gasteiger partial charge in [0.15, 0.2) is 0 Å². The Bertz CT molecular complexity index is 423. The first-order valence-corrected chi connectivity index (χ1v) is 8.22. The van der Waals surface area contributed by atoms with Crippen molar-refractivity contribution in [2.24, 2.45) is 5.73 Å². The first kappa shape index (κ1) is 22.1. The summed E-state index contributed by atoms with van der Waals surface area (Å²) in [6.07, 6.45) is 10.4. The molecule has 0 aromatic carbocycles. The van der Waals surface area contributed by atoms with E-state index in [4.69, 9.17) is 25.1 Å². The van der Waals surface area contributed by atoms with Crippen molar-refractivity contribution >= 4 is 12.4 Å². The molecule has 2 rings (SSSR count). The highest BCUT2D eigenvalue weighted by Gasteiger charge is 2.29. The average molecular weight is 342 g/mol. The van der Waals surface area contributed by atoms with Gasteiger partial charge in [-0.1, -0.05) is 31.9 Å². The molecule has 0 spiro atoms. The molecule has 1 fully saturated rings. The molecule has 7 nitrogen and oxygen atoms in total. The molecule has 7 heteroatoms. The number of ether oxygens (including phenoxy) is 2. The summed E-state index contributed by atoms with van der Waals surface area (Å²) in [5, 5.41) is 6.89. The van der Waals surface area contributed by atoms with Crippen molar-refractivity contribution in [2.75, 3.05) is 13.2 Å². The smallest absolute Gasteiger partial charge is 0.319 e. The maximum Gasteiger partial charge on any atom is 0.319 e. The van der Waals surface area contributed by atoms with Gasteiger partial charge in [0.2, 0.25) is 0 Å². The maximum atomic E-state index is 11.0. The van der Waals surface area contributed by atoms with Crippen LogP contribution in [-0.2, 0) is 19.1 Å². The molecule has 2 heterocycles. The Morgan fingerprint density at radius 3 is 2.67 bits per heavy atom. The molecular formula is C17H30N2O5. The van der Waals surface area contributed by atoms with Crippen molar-refractivity contribution in [2.45, 2.75) is 58.8 Å². The fourth-order valence-corrected chi connectivity index (χ4v) is 2.16. The highest BCUT2D eigenvalue weighted by molar-refractivity contribution is 5.71. The minimum atomic E-state index is -0.379. The summed E-state index contributed by atoms with van der Waals surface area (Å²) in [5.74, 6) is -0.379. The van der Waals surface area contributed by atoms with Gasteiger partial charge in [-0.25, -0.2) is 0 Å². The topological polar surface area (TPSA) is 102 Å². The lowest BCUT2D eigenvalue weighted by Gasteiger charge is -2.26.